The van der Waals surface area contributed by atoms with E-state index in [1.807, 2.05) is 16.9 Å². The van der Waals surface area contributed by atoms with Crippen molar-refractivity contribution < 1.29 is 4.74 Å². The van der Waals surface area contributed by atoms with Crippen LogP contribution in [-0.2, 0) is 11.3 Å². The molecule has 0 aliphatic carbocycles. The van der Waals surface area contributed by atoms with E-state index >= 15 is 0 Å². The average Bonchev–Trinajstić information content (AvgIpc) is 2.79. The van der Waals surface area contributed by atoms with E-state index in [0.29, 0.717) is 6.10 Å². The largest absolute Gasteiger partial charge is 0.378 e. The van der Waals surface area contributed by atoms with Crippen LogP contribution >= 0.6 is 0 Å². The van der Waals surface area contributed by atoms with Gasteiger partial charge in [0.2, 0.25) is 0 Å². The zero-order chi connectivity index (χ0) is 12.1. The molecule has 2 heterocycles. The molecule has 17 heavy (non-hydrogen) atoms. The van der Waals surface area contributed by atoms with Gasteiger partial charge < -0.3 is 10.5 Å². The van der Waals surface area contributed by atoms with Crippen molar-refractivity contribution in [1.82, 2.24) is 9.78 Å². The van der Waals surface area contributed by atoms with Gasteiger partial charge >= 0.3 is 0 Å². The van der Waals surface area contributed by atoms with Gasteiger partial charge in [0, 0.05) is 25.4 Å². The molecule has 1 fully saturated rings. The van der Waals surface area contributed by atoms with Gasteiger partial charge in [0.25, 0.3) is 0 Å². The quantitative estimate of drug-likeness (QED) is 0.854. The second kappa shape index (κ2) is 6.17. The number of nitrogens with two attached hydrogens (primary N) is 1. The summed E-state index contributed by atoms with van der Waals surface area (Å²) < 4.78 is 7.76. The van der Waals surface area contributed by atoms with E-state index in [2.05, 4.69) is 12.0 Å². The fourth-order valence-electron chi connectivity index (χ4n) is 2.45. The van der Waals surface area contributed by atoms with Crippen LogP contribution < -0.4 is 5.73 Å². The highest BCUT2D eigenvalue weighted by Gasteiger charge is 2.20. The van der Waals surface area contributed by atoms with E-state index in [1.54, 1.807) is 0 Å². The van der Waals surface area contributed by atoms with Crippen LogP contribution in [0.25, 0.3) is 0 Å². The highest BCUT2D eigenvalue weighted by molar-refractivity contribution is 5.06. The molecule has 1 aromatic heterocycles. The average molecular weight is 237 g/mol. The van der Waals surface area contributed by atoms with Crippen molar-refractivity contribution in [2.45, 2.75) is 57.7 Å². The normalized spacial score (nSPS) is 22.6. The van der Waals surface area contributed by atoms with Crippen molar-refractivity contribution in [2.75, 3.05) is 6.61 Å². The van der Waals surface area contributed by atoms with E-state index in [1.165, 1.54) is 12.8 Å². The maximum absolute atomic E-state index is 6.26. The van der Waals surface area contributed by atoms with Gasteiger partial charge in [-0.2, -0.15) is 5.10 Å². The zero-order valence-electron chi connectivity index (χ0n) is 10.6. The van der Waals surface area contributed by atoms with Crippen molar-refractivity contribution in [3.8, 4) is 0 Å². The maximum atomic E-state index is 6.26. The minimum absolute atomic E-state index is 0.0483. The summed E-state index contributed by atoms with van der Waals surface area (Å²) in [5, 5.41) is 4.32. The van der Waals surface area contributed by atoms with Gasteiger partial charge in [0.1, 0.15) is 0 Å². The molecule has 0 amide bonds. The van der Waals surface area contributed by atoms with Crippen LogP contribution in [0.4, 0.5) is 0 Å². The van der Waals surface area contributed by atoms with Gasteiger partial charge in [-0.1, -0.05) is 6.92 Å². The van der Waals surface area contributed by atoms with Gasteiger partial charge in [-0.05, 0) is 38.2 Å². The van der Waals surface area contributed by atoms with E-state index in [4.69, 9.17) is 10.5 Å². The molecular formula is C13H23N3O. The lowest BCUT2D eigenvalue weighted by Crippen LogP contribution is -2.26. The molecule has 0 saturated carbocycles. The molecule has 1 aliphatic heterocycles. The van der Waals surface area contributed by atoms with Crippen LogP contribution in [0.5, 0.6) is 0 Å². The van der Waals surface area contributed by atoms with Crippen molar-refractivity contribution >= 4 is 0 Å². The minimum atomic E-state index is 0.0483. The van der Waals surface area contributed by atoms with Crippen LogP contribution in [-0.4, -0.2) is 22.5 Å². The number of hydrogen-bond donors (Lipinski definition) is 1. The minimum Gasteiger partial charge on any atom is -0.378 e. The number of rotatable bonds is 5. The van der Waals surface area contributed by atoms with Gasteiger partial charge in [-0.25, -0.2) is 0 Å². The number of nitrogens with zero attached hydrogens (tertiary/aromatic N) is 2. The van der Waals surface area contributed by atoms with Crippen LogP contribution in [0, 0.1) is 0 Å². The summed E-state index contributed by atoms with van der Waals surface area (Å²) >= 11 is 0. The highest BCUT2D eigenvalue weighted by Crippen LogP contribution is 2.23. The molecule has 0 radical (unpaired) electrons. The molecule has 96 valence electrons. The van der Waals surface area contributed by atoms with Crippen LogP contribution in [0.15, 0.2) is 12.3 Å². The molecule has 1 aliphatic rings. The molecule has 2 N–H and O–H groups in total. The summed E-state index contributed by atoms with van der Waals surface area (Å²) in [7, 11) is 0. The van der Waals surface area contributed by atoms with Crippen LogP contribution in [0.2, 0.25) is 0 Å². The van der Waals surface area contributed by atoms with E-state index < -0.39 is 0 Å². The lowest BCUT2D eigenvalue weighted by atomic mass is 10.0. The molecule has 0 spiro atoms. The molecule has 4 nitrogen and oxygen atoms in total. The number of hydrogen-bond acceptors (Lipinski definition) is 3. The second-order valence-electron chi connectivity index (χ2n) is 4.81. The summed E-state index contributed by atoms with van der Waals surface area (Å²) in [5.74, 6) is 0. The molecular weight excluding hydrogens is 214 g/mol. The number of aryl methyl sites for hydroxylation is 1. The molecule has 0 aromatic carbocycles. The third kappa shape index (κ3) is 3.30. The molecule has 0 bridgehead atoms. The first kappa shape index (κ1) is 12.6. The van der Waals surface area contributed by atoms with Crippen molar-refractivity contribution in [3.63, 3.8) is 0 Å². The van der Waals surface area contributed by atoms with Crippen LogP contribution in [0.1, 0.15) is 50.8 Å². The first-order chi connectivity index (χ1) is 8.31. The Kier molecular flexibility index (Phi) is 4.57. The highest BCUT2D eigenvalue weighted by atomic mass is 16.5. The first-order valence-corrected chi connectivity index (χ1v) is 6.70. The lowest BCUT2D eigenvalue weighted by molar-refractivity contribution is 0.00686. The predicted octanol–water partition coefficient (Wildman–Crippen LogP) is 2.25. The summed E-state index contributed by atoms with van der Waals surface area (Å²) in [6.07, 6.45) is 7.79. The monoisotopic (exact) mass is 237 g/mol. The topological polar surface area (TPSA) is 53.1 Å². The number of ether oxygens (including phenoxy) is 1. The third-order valence-corrected chi connectivity index (χ3v) is 3.36. The molecule has 2 unspecified atom stereocenters. The van der Waals surface area contributed by atoms with Gasteiger partial charge in [-0.15, -0.1) is 0 Å². The smallest absolute Gasteiger partial charge is 0.0593 e. The zero-order valence-corrected chi connectivity index (χ0v) is 10.6. The Labute approximate surface area is 103 Å². The van der Waals surface area contributed by atoms with E-state index in [-0.39, 0.29) is 6.04 Å². The summed E-state index contributed by atoms with van der Waals surface area (Å²) in [6.45, 7) is 3.99. The molecule has 2 rings (SSSR count). The molecule has 2 atom stereocenters. The van der Waals surface area contributed by atoms with Crippen LogP contribution in [0.3, 0.4) is 0 Å². The molecule has 1 saturated heterocycles. The maximum Gasteiger partial charge on any atom is 0.0593 e. The molecule has 1 aromatic rings. The predicted molar refractivity (Wildman–Crippen MR) is 67.7 cm³/mol. The third-order valence-electron chi connectivity index (χ3n) is 3.36. The summed E-state index contributed by atoms with van der Waals surface area (Å²) in [5.41, 5.74) is 7.40. The SMILES string of the molecule is CCCn1nccc1C(N)CC1CCCCO1. The Morgan fingerprint density at radius 2 is 2.47 bits per heavy atom. The Morgan fingerprint density at radius 3 is 3.18 bits per heavy atom. The van der Waals surface area contributed by atoms with Gasteiger partial charge in [-0.3, -0.25) is 4.68 Å². The summed E-state index contributed by atoms with van der Waals surface area (Å²) in [6, 6.07) is 2.08. The Bertz CT molecular complexity index is 331. The fraction of sp³-hybridized carbons (Fsp3) is 0.769. The Balaban J connectivity index is 1.93. The van der Waals surface area contributed by atoms with E-state index in [9.17, 15) is 0 Å². The number of aromatic nitrogens is 2. The Hall–Kier alpha value is -0.870. The standard InChI is InChI=1S/C13H23N3O/c1-2-8-16-13(6-7-15-16)12(14)10-11-5-3-4-9-17-11/h6-7,11-12H,2-5,8-10,14H2,1H3. The van der Waals surface area contributed by atoms with E-state index in [0.717, 1.165) is 38.1 Å². The summed E-state index contributed by atoms with van der Waals surface area (Å²) in [4.78, 5) is 0. The van der Waals surface area contributed by atoms with Crippen molar-refractivity contribution in [1.29, 1.82) is 0 Å². The van der Waals surface area contributed by atoms with Crippen molar-refractivity contribution in [2.24, 2.45) is 5.73 Å². The van der Waals surface area contributed by atoms with Gasteiger partial charge in [0.05, 0.1) is 11.8 Å². The first-order valence-electron chi connectivity index (χ1n) is 6.70. The lowest BCUT2D eigenvalue weighted by Gasteiger charge is -2.25. The van der Waals surface area contributed by atoms with Crippen molar-refractivity contribution in [3.05, 3.63) is 18.0 Å². The fourth-order valence-corrected chi connectivity index (χ4v) is 2.45. The van der Waals surface area contributed by atoms with Gasteiger partial charge in [0.15, 0.2) is 0 Å². The Morgan fingerprint density at radius 1 is 1.59 bits per heavy atom. The second-order valence-corrected chi connectivity index (χ2v) is 4.81. The molecule has 4 heteroatoms.